The maximum absolute atomic E-state index is 6.39. The lowest BCUT2D eigenvalue weighted by atomic mass is 9.90. The van der Waals surface area contributed by atoms with E-state index in [0.717, 1.165) is 17.8 Å². The Bertz CT molecular complexity index is 691. The van der Waals surface area contributed by atoms with Gasteiger partial charge in [-0.3, -0.25) is 4.99 Å². The minimum atomic E-state index is -0.145. The second-order valence-electron chi connectivity index (χ2n) is 5.35. The van der Waals surface area contributed by atoms with Crippen LogP contribution in [0.1, 0.15) is 22.7 Å². The average Bonchev–Trinajstić information content (AvgIpc) is 2.46. The summed E-state index contributed by atoms with van der Waals surface area (Å²) in [5, 5.41) is 1.32. The highest BCUT2D eigenvalue weighted by Gasteiger charge is 2.26. The zero-order valence-electron chi connectivity index (χ0n) is 12.4. The molecule has 2 aromatic carbocycles. The summed E-state index contributed by atoms with van der Waals surface area (Å²) in [4.78, 5) is 6.94. The van der Waals surface area contributed by atoms with Gasteiger partial charge in [0.1, 0.15) is 11.9 Å². The van der Waals surface area contributed by atoms with E-state index in [1.165, 1.54) is 11.1 Å². The van der Waals surface area contributed by atoms with E-state index < -0.39 is 0 Å². The summed E-state index contributed by atoms with van der Waals surface area (Å²) in [5.41, 5.74) is 3.34. The minimum Gasteiger partial charge on any atom is -0.366 e. The number of aliphatic imine (C=N–C) groups is 1. The summed E-state index contributed by atoms with van der Waals surface area (Å²) in [6, 6.07) is 13.8. The molecular formula is C17H17Cl3N2. The third-order valence-corrected chi connectivity index (χ3v) is 4.42. The molecule has 3 rings (SSSR count). The quantitative estimate of drug-likeness (QED) is 0.701. The smallest absolute Gasteiger partial charge is 0.105 e. The van der Waals surface area contributed by atoms with Gasteiger partial charge in [0.2, 0.25) is 0 Å². The van der Waals surface area contributed by atoms with E-state index >= 15 is 0 Å². The topological polar surface area (TPSA) is 15.6 Å². The molecule has 22 heavy (non-hydrogen) atoms. The van der Waals surface area contributed by atoms with Gasteiger partial charge in [0.05, 0.1) is 0 Å². The SMILES string of the molecule is CN(C)C1=NC(c2c(Cl)cccc2Cl)c2ccccc2C1.Cl. The Morgan fingerprint density at radius 2 is 1.64 bits per heavy atom. The van der Waals surface area contributed by atoms with Gasteiger partial charge in [-0.1, -0.05) is 53.5 Å². The van der Waals surface area contributed by atoms with Gasteiger partial charge in [0, 0.05) is 36.1 Å². The van der Waals surface area contributed by atoms with Gasteiger partial charge in [-0.05, 0) is 23.3 Å². The average molecular weight is 356 g/mol. The van der Waals surface area contributed by atoms with Gasteiger partial charge in [0.15, 0.2) is 0 Å². The Balaban J connectivity index is 0.00000176. The number of nitrogens with zero attached hydrogens (tertiary/aromatic N) is 2. The summed E-state index contributed by atoms with van der Waals surface area (Å²) >= 11 is 12.8. The summed E-state index contributed by atoms with van der Waals surface area (Å²) in [6.45, 7) is 0. The Morgan fingerprint density at radius 1 is 1.00 bits per heavy atom. The monoisotopic (exact) mass is 354 g/mol. The van der Waals surface area contributed by atoms with E-state index in [2.05, 4.69) is 18.2 Å². The van der Waals surface area contributed by atoms with Crippen molar-refractivity contribution in [2.24, 2.45) is 4.99 Å². The van der Waals surface area contributed by atoms with Crippen LogP contribution in [0.3, 0.4) is 0 Å². The summed E-state index contributed by atoms with van der Waals surface area (Å²) < 4.78 is 0. The molecule has 0 fully saturated rings. The van der Waals surface area contributed by atoms with Crippen LogP contribution in [0.15, 0.2) is 47.5 Å². The zero-order chi connectivity index (χ0) is 15.0. The number of fused-ring (bicyclic) bond motifs is 1. The van der Waals surface area contributed by atoms with Gasteiger partial charge >= 0.3 is 0 Å². The first-order valence-electron chi connectivity index (χ1n) is 6.83. The number of hydrogen-bond donors (Lipinski definition) is 0. The molecule has 0 amide bonds. The molecule has 2 nitrogen and oxygen atoms in total. The van der Waals surface area contributed by atoms with Crippen LogP contribution in [0, 0.1) is 0 Å². The van der Waals surface area contributed by atoms with Crippen molar-refractivity contribution in [3.05, 3.63) is 69.2 Å². The Hall–Kier alpha value is -1.22. The lowest BCUT2D eigenvalue weighted by molar-refractivity contribution is 0.592. The second kappa shape index (κ2) is 6.91. The van der Waals surface area contributed by atoms with E-state index in [9.17, 15) is 0 Å². The molecule has 1 heterocycles. The number of amidine groups is 1. The summed E-state index contributed by atoms with van der Waals surface area (Å²) in [7, 11) is 4.02. The van der Waals surface area contributed by atoms with Gasteiger partial charge in [-0.2, -0.15) is 0 Å². The van der Waals surface area contributed by atoms with Crippen molar-refractivity contribution in [3.8, 4) is 0 Å². The van der Waals surface area contributed by atoms with Crippen LogP contribution in [0.4, 0.5) is 0 Å². The Kier molecular flexibility index (Phi) is 5.38. The Morgan fingerprint density at radius 3 is 2.27 bits per heavy atom. The lowest BCUT2D eigenvalue weighted by Gasteiger charge is -2.28. The van der Waals surface area contributed by atoms with E-state index in [1.807, 2.05) is 43.3 Å². The van der Waals surface area contributed by atoms with Crippen LogP contribution in [0.2, 0.25) is 10.0 Å². The first kappa shape index (κ1) is 17.1. The third-order valence-electron chi connectivity index (χ3n) is 3.77. The molecule has 1 aliphatic rings. The van der Waals surface area contributed by atoms with E-state index in [1.54, 1.807) is 0 Å². The third kappa shape index (κ3) is 3.10. The maximum Gasteiger partial charge on any atom is 0.105 e. The fraction of sp³-hybridized carbons (Fsp3) is 0.235. The molecule has 0 saturated heterocycles. The molecule has 5 heteroatoms. The fourth-order valence-corrected chi connectivity index (χ4v) is 3.27. The first-order chi connectivity index (χ1) is 10.1. The van der Waals surface area contributed by atoms with Crippen LogP contribution < -0.4 is 0 Å². The molecule has 0 bridgehead atoms. The first-order valence-corrected chi connectivity index (χ1v) is 7.59. The van der Waals surface area contributed by atoms with Crippen LogP contribution >= 0.6 is 35.6 Å². The van der Waals surface area contributed by atoms with Crippen molar-refractivity contribution < 1.29 is 0 Å². The fourth-order valence-electron chi connectivity index (χ4n) is 2.66. The highest BCUT2D eigenvalue weighted by atomic mass is 35.5. The van der Waals surface area contributed by atoms with E-state index in [-0.39, 0.29) is 18.4 Å². The highest BCUT2D eigenvalue weighted by Crippen LogP contribution is 2.40. The minimum absolute atomic E-state index is 0. The predicted molar refractivity (Wildman–Crippen MR) is 96.8 cm³/mol. The van der Waals surface area contributed by atoms with Crippen molar-refractivity contribution in [1.29, 1.82) is 0 Å². The van der Waals surface area contributed by atoms with Gasteiger partial charge < -0.3 is 4.90 Å². The molecule has 1 unspecified atom stereocenters. The summed E-state index contributed by atoms with van der Waals surface area (Å²) in [6.07, 6.45) is 0.835. The number of hydrogen-bond acceptors (Lipinski definition) is 2. The highest BCUT2D eigenvalue weighted by molar-refractivity contribution is 6.36. The normalized spacial score (nSPS) is 16.4. The van der Waals surface area contributed by atoms with Gasteiger partial charge in [-0.15, -0.1) is 12.4 Å². The maximum atomic E-state index is 6.39. The standard InChI is InChI=1S/C17H16Cl2N2.ClH/c1-21(2)15-10-11-6-3-4-7-12(11)17(20-15)16-13(18)8-5-9-14(16)19;/h3-9,17H,10H2,1-2H3;1H. The number of rotatable bonds is 1. The molecule has 0 spiro atoms. The molecule has 0 N–H and O–H groups in total. The lowest BCUT2D eigenvalue weighted by Crippen LogP contribution is -2.28. The van der Waals surface area contributed by atoms with E-state index in [4.69, 9.17) is 28.2 Å². The van der Waals surface area contributed by atoms with Crippen molar-refractivity contribution in [2.45, 2.75) is 12.5 Å². The van der Waals surface area contributed by atoms with E-state index in [0.29, 0.717) is 10.0 Å². The zero-order valence-corrected chi connectivity index (χ0v) is 14.7. The predicted octanol–water partition coefficient (Wildman–Crippen LogP) is 5.02. The number of likely N-dealkylation sites (N-methyl/N-ethyl adjacent to an activating group) is 1. The van der Waals surface area contributed by atoms with Crippen molar-refractivity contribution >= 4 is 41.4 Å². The number of halogens is 3. The van der Waals surface area contributed by atoms with Crippen LogP contribution in [-0.2, 0) is 6.42 Å². The van der Waals surface area contributed by atoms with Crippen LogP contribution in [0.25, 0.3) is 0 Å². The molecule has 0 aromatic heterocycles. The molecule has 0 saturated carbocycles. The van der Waals surface area contributed by atoms with Crippen molar-refractivity contribution in [2.75, 3.05) is 14.1 Å². The molecular weight excluding hydrogens is 339 g/mol. The largest absolute Gasteiger partial charge is 0.366 e. The molecule has 1 atom stereocenters. The molecule has 0 radical (unpaired) electrons. The van der Waals surface area contributed by atoms with Crippen molar-refractivity contribution in [1.82, 2.24) is 4.90 Å². The number of benzene rings is 2. The Labute approximate surface area is 147 Å². The van der Waals surface area contributed by atoms with Crippen LogP contribution in [0.5, 0.6) is 0 Å². The van der Waals surface area contributed by atoms with Gasteiger partial charge in [-0.25, -0.2) is 0 Å². The summed E-state index contributed by atoms with van der Waals surface area (Å²) in [5.74, 6) is 1.04. The van der Waals surface area contributed by atoms with Crippen molar-refractivity contribution in [3.63, 3.8) is 0 Å². The molecule has 116 valence electrons. The van der Waals surface area contributed by atoms with Gasteiger partial charge in [0.25, 0.3) is 0 Å². The molecule has 2 aromatic rings. The van der Waals surface area contributed by atoms with Crippen LogP contribution in [-0.4, -0.2) is 24.8 Å². The molecule has 0 aliphatic carbocycles. The molecule has 1 aliphatic heterocycles. The second-order valence-corrected chi connectivity index (χ2v) is 6.17.